The number of halogens is 2. The maximum atomic E-state index is 14.2. The predicted octanol–water partition coefficient (Wildman–Crippen LogP) is 4.73. The number of rotatable bonds is 8. The van der Waals surface area contributed by atoms with Gasteiger partial charge in [0, 0.05) is 53.4 Å². The molecule has 2 aromatic carbocycles. The maximum absolute atomic E-state index is 14.2. The molecule has 1 aromatic heterocycles. The molecule has 3 heterocycles. The molecule has 220 valence electrons. The summed E-state index contributed by atoms with van der Waals surface area (Å²) in [5.41, 5.74) is 2.97. The first-order valence-electron chi connectivity index (χ1n) is 14.1. The largest absolute Gasteiger partial charge is 0.358 e. The third-order valence-corrected chi connectivity index (χ3v) is 10.0. The smallest absolute Gasteiger partial charge is 0.256 e. The Morgan fingerprint density at radius 2 is 1.86 bits per heavy atom. The van der Waals surface area contributed by atoms with E-state index in [1.807, 2.05) is 18.7 Å². The van der Waals surface area contributed by atoms with E-state index in [-0.39, 0.29) is 22.4 Å². The van der Waals surface area contributed by atoms with Crippen LogP contribution in [0.5, 0.6) is 0 Å². The Morgan fingerprint density at radius 1 is 1.12 bits per heavy atom. The van der Waals surface area contributed by atoms with Gasteiger partial charge in [-0.25, -0.2) is 17.2 Å². The Hall–Kier alpha value is -3.83. The van der Waals surface area contributed by atoms with E-state index in [4.69, 9.17) is 0 Å². The summed E-state index contributed by atoms with van der Waals surface area (Å²) in [6.45, 7) is 5.13. The molecule has 1 saturated carbocycles. The van der Waals surface area contributed by atoms with Crippen molar-refractivity contribution in [3.63, 3.8) is 0 Å². The second kappa shape index (κ2) is 10.8. The fourth-order valence-corrected chi connectivity index (χ4v) is 7.28. The lowest BCUT2D eigenvalue weighted by atomic mass is 10.0. The number of fused-ring (bicyclic) bond motifs is 1. The van der Waals surface area contributed by atoms with Crippen LogP contribution in [-0.2, 0) is 20.4 Å². The Morgan fingerprint density at radius 3 is 2.57 bits per heavy atom. The Bertz CT molecular complexity index is 1720. The zero-order valence-corrected chi connectivity index (χ0v) is 24.2. The number of anilines is 1. The highest BCUT2D eigenvalue weighted by Crippen LogP contribution is 2.37. The zero-order chi connectivity index (χ0) is 29.8. The molecule has 6 rings (SSSR count). The van der Waals surface area contributed by atoms with Gasteiger partial charge in [-0.1, -0.05) is 6.07 Å². The number of hydrogen-bond donors (Lipinski definition) is 3. The lowest BCUT2D eigenvalue weighted by molar-refractivity contribution is -0.110. The van der Waals surface area contributed by atoms with Crippen LogP contribution in [-0.4, -0.2) is 55.3 Å². The van der Waals surface area contributed by atoms with Gasteiger partial charge in [0.1, 0.15) is 11.6 Å². The number of aromatic amines is 1. The van der Waals surface area contributed by atoms with Gasteiger partial charge < -0.3 is 20.5 Å². The fourth-order valence-electron chi connectivity index (χ4n) is 5.88. The summed E-state index contributed by atoms with van der Waals surface area (Å²) in [6, 6.07) is 8.00. The number of likely N-dealkylation sites (tertiary alicyclic amines) is 1. The minimum absolute atomic E-state index is 0.0453. The van der Waals surface area contributed by atoms with Gasteiger partial charge in [-0.05, 0) is 81.5 Å². The molecule has 3 aromatic rings. The van der Waals surface area contributed by atoms with Crippen molar-refractivity contribution in [1.29, 1.82) is 0 Å². The number of aromatic nitrogens is 1. The molecule has 0 bridgehead atoms. The number of nitrogens with one attached hydrogen (secondary N) is 3. The summed E-state index contributed by atoms with van der Waals surface area (Å²) in [5.74, 6) is -3.22. The number of H-pyrrole nitrogens is 1. The van der Waals surface area contributed by atoms with E-state index in [1.165, 1.54) is 37.1 Å². The first-order chi connectivity index (χ1) is 20.0. The average Bonchev–Trinajstić information content (AvgIpc) is 3.46. The average molecular weight is 595 g/mol. The van der Waals surface area contributed by atoms with Crippen molar-refractivity contribution in [2.24, 2.45) is 0 Å². The molecule has 8 nitrogen and oxygen atoms in total. The highest BCUT2D eigenvalue weighted by atomic mass is 32.2. The molecule has 2 amide bonds. The van der Waals surface area contributed by atoms with E-state index in [9.17, 15) is 26.8 Å². The first kappa shape index (κ1) is 28.3. The van der Waals surface area contributed by atoms with E-state index in [0.29, 0.717) is 46.4 Å². The highest BCUT2D eigenvalue weighted by Gasteiger charge is 2.34. The van der Waals surface area contributed by atoms with Crippen LogP contribution in [0, 0.1) is 25.5 Å². The van der Waals surface area contributed by atoms with Crippen LogP contribution >= 0.6 is 0 Å². The van der Waals surface area contributed by atoms with E-state index in [0.717, 1.165) is 31.5 Å². The molecule has 2 fully saturated rings. The van der Waals surface area contributed by atoms with Gasteiger partial charge in [-0.2, -0.15) is 0 Å². The molecule has 0 radical (unpaired) electrons. The molecule has 0 spiro atoms. The topological polar surface area (TPSA) is 111 Å². The van der Waals surface area contributed by atoms with Crippen molar-refractivity contribution >= 4 is 39.0 Å². The normalized spacial score (nSPS) is 19.4. The van der Waals surface area contributed by atoms with Gasteiger partial charge in [0.2, 0.25) is 0 Å². The molecule has 3 N–H and O–H groups in total. The number of carbonyl (C=O) groups excluding carboxylic acids is 2. The molecule has 42 heavy (non-hydrogen) atoms. The molecule has 0 unspecified atom stereocenters. The van der Waals surface area contributed by atoms with Crippen molar-refractivity contribution in [3.8, 4) is 0 Å². The van der Waals surface area contributed by atoms with Gasteiger partial charge in [-0.3, -0.25) is 9.59 Å². The van der Waals surface area contributed by atoms with E-state index in [2.05, 4.69) is 15.6 Å². The van der Waals surface area contributed by atoms with Crippen molar-refractivity contribution in [3.05, 3.63) is 81.7 Å². The summed E-state index contributed by atoms with van der Waals surface area (Å²) in [5, 5.41) is 6.27. The number of amides is 2. The van der Waals surface area contributed by atoms with Crippen LogP contribution < -0.4 is 10.6 Å². The monoisotopic (exact) mass is 594 g/mol. The number of benzene rings is 2. The molecule has 3 aliphatic rings. The molecule has 11 heteroatoms. The molecular formula is C31H32F2N4O4S. The van der Waals surface area contributed by atoms with Gasteiger partial charge in [0.15, 0.2) is 9.84 Å². The Kier molecular flexibility index (Phi) is 7.26. The number of sulfone groups is 1. The van der Waals surface area contributed by atoms with Crippen LogP contribution in [0.2, 0.25) is 0 Å². The molecule has 1 saturated heterocycles. The lowest BCUT2D eigenvalue weighted by Gasteiger charge is -2.25. The van der Waals surface area contributed by atoms with E-state index < -0.39 is 38.7 Å². The van der Waals surface area contributed by atoms with Gasteiger partial charge in [0.25, 0.3) is 11.8 Å². The third-order valence-electron chi connectivity index (χ3n) is 8.37. The fraction of sp³-hybridized carbons (Fsp3) is 0.355. The van der Waals surface area contributed by atoms with Crippen LogP contribution in [0.25, 0.3) is 11.6 Å². The SMILES string of the molecule is Cc1[nH]c(C=C2C(=O)Nc3ccc(S(=O)(=O)Cc4c(F)cccc4F)cc32)c(C)c1C(=O)N1CCC[C@@H]1CNC1CC1. The van der Waals surface area contributed by atoms with Gasteiger partial charge >= 0.3 is 0 Å². The summed E-state index contributed by atoms with van der Waals surface area (Å²) < 4.78 is 54.7. The quantitative estimate of drug-likeness (QED) is 0.327. The minimum atomic E-state index is -4.15. The van der Waals surface area contributed by atoms with Crippen molar-refractivity contribution in [2.45, 2.75) is 62.3 Å². The Labute approximate surface area is 243 Å². The molecule has 1 aliphatic carbocycles. The zero-order valence-electron chi connectivity index (χ0n) is 23.4. The number of nitrogens with zero attached hydrogens (tertiary/aromatic N) is 1. The molecule has 2 aliphatic heterocycles. The Balaban J connectivity index is 1.29. The van der Waals surface area contributed by atoms with Gasteiger partial charge in [0.05, 0.1) is 21.8 Å². The van der Waals surface area contributed by atoms with E-state index in [1.54, 1.807) is 6.08 Å². The van der Waals surface area contributed by atoms with Crippen LogP contribution in [0.1, 0.15) is 64.1 Å². The van der Waals surface area contributed by atoms with E-state index >= 15 is 0 Å². The predicted molar refractivity (Wildman–Crippen MR) is 156 cm³/mol. The second-order valence-corrected chi connectivity index (χ2v) is 13.3. The third kappa shape index (κ3) is 5.27. The number of carbonyl (C=O) groups is 2. The standard InChI is InChI=1S/C31H32F2N4O4S/c1-17-28(35-18(2)29(17)31(39)37-12-4-5-20(37)15-34-19-8-9-19)14-23-22-13-21(10-11-27(22)36-30(23)38)42(40,41)16-24-25(32)6-3-7-26(24)33/h3,6-7,10-11,13-14,19-20,34-35H,4-5,8-9,12,15-16H2,1-2H3,(H,36,38)/t20-/m1/s1. The van der Waals surface area contributed by atoms with Crippen LogP contribution in [0.15, 0.2) is 41.3 Å². The second-order valence-electron chi connectivity index (χ2n) is 11.3. The highest BCUT2D eigenvalue weighted by molar-refractivity contribution is 7.90. The van der Waals surface area contributed by atoms with Crippen molar-refractivity contribution in [1.82, 2.24) is 15.2 Å². The lowest BCUT2D eigenvalue weighted by Crippen LogP contribution is -2.42. The number of hydrogen-bond acceptors (Lipinski definition) is 5. The summed E-state index contributed by atoms with van der Waals surface area (Å²) >= 11 is 0. The molecule has 1 atom stereocenters. The van der Waals surface area contributed by atoms with Crippen LogP contribution in [0.3, 0.4) is 0 Å². The maximum Gasteiger partial charge on any atom is 0.256 e. The minimum Gasteiger partial charge on any atom is -0.358 e. The number of aryl methyl sites for hydroxylation is 1. The summed E-state index contributed by atoms with van der Waals surface area (Å²) in [4.78, 5) is 31.7. The summed E-state index contributed by atoms with van der Waals surface area (Å²) in [6.07, 6.45) is 5.89. The van der Waals surface area contributed by atoms with Crippen LogP contribution in [0.4, 0.5) is 14.5 Å². The first-order valence-corrected chi connectivity index (χ1v) is 15.8. The van der Waals surface area contributed by atoms with Gasteiger partial charge in [-0.15, -0.1) is 0 Å². The van der Waals surface area contributed by atoms with Crippen molar-refractivity contribution < 1.29 is 26.8 Å². The molecular weight excluding hydrogens is 562 g/mol. The summed E-state index contributed by atoms with van der Waals surface area (Å²) in [7, 11) is -4.15. The van der Waals surface area contributed by atoms with Crippen molar-refractivity contribution in [2.75, 3.05) is 18.4 Å².